The van der Waals surface area contributed by atoms with E-state index in [2.05, 4.69) is 0 Å². The highest BCUT2D eigenvalue weighted by Crippen LogP contribution is 2.24. The number of anilines is 1. The summed E-state index contributed by atoms with van der Waals surface area (Å²) >= 11 is 0. The van der Waals surface area contributed by atoms with Crippen molar-refractivity contribution in [1.29, 1.82) is 0 Å². The number of nitrogens with zero attached hydrogens (tertiary/aromatic N) is 1. The predicted molar refractivity (Wildman–Crippen MR) is 54.2 cm³/mol. The van der Waals surface area contributed by atoms with E-state index >= 15 is 0 Å². The molecule has 0 spiro atoms. The molecule has 1 atom stereocenters. The molecule has 1 saturated heterocycles. The van der Waals surface area contributed by atoms with Gasteiger partial charge < -0.3 is 10.0 Å². The highest BCUT2D eigenvalue weighted by molar-refractivity contribution is 5.96. The van der Waals surface area contributed by atoms with Crippen molar-refractivity contribution in [3.8, 4) is 0 Å². The first-order chi connectivity index (χ1) is 6.68. The van der Waals surface area contributed by atoms with Gasteiger partial charge in [-0.3, -0.25) is 4.79 Å². The van der Waals surface area contributed by atoms with Gasteiger partial charge in [-0.05, 0) is 18.6 Å². The van der Waals surface area contributed by atoms with Crippen LogP contribution in [0.5, 0.6) is 0 Å². The van der Waals surface area contributed by atoms with Crippen molar-refractivity contribution in [2.24, 2.45) is 0 Å². The molecule has 3 nitrogen and oxygen atoms in total. The molecule has 1 amide bonds. The van der Waals surface area contributed by atoms with Crippen molar-refractivity contribution in [2.75, 3.05) is 11.4 Å². The third-order valence-corrected chi connectivity index (χ3v) is 2.51. The van der Waals surface area contributed by atoms with Crippen molar-refractivity contribution in [3.05, 3.63) is 29.8 Å². The first-order valence-corrected chi connectivity index (χ1v) is 4.72. The molecule has 1 N–H and O–H groups in total. The Hall–Kier alpha value is -1.35. The molecule has 2 rings (SSSR count). The Morgan fingerprint density at radius 2 is 2.14 bits per heavy atom. The van der Waals surface area contributed by atoms with Crippen LogP contribution in [0.3, 0.4) is 0 Å². The third kappa shape index (κ3) is 1.51. The predicted octanol–water partition coefficient (Wildman–Crippen LogP) is 1.09. The molecule has 74 valence electrons. The maximum atomic E-state index is 11.5. The van der Waals surface area contributed by atoms with E-state index in [1.165, 1.54) is 0 Å². The molecule has 1 fully saturated rings. The van der Waals surface area contributed by atoms with Crippen LogP contribution in [0.15, 0.2) is 24.3 Å². The number of hydrogen-bond donors (Lipinski definition) is 1. The fourth-order valence-corrected chi connectivity index (χ4v) is 1.79. The fraction of sp³-hybridized carbons (Fsp3) is 0.364. The number of aliphatic hydroxyl groups is 1. The second kappa shape index (κ2) is 3.42. The average Bonchev–Trinajstić information content (AvgIpc) is 2.46. The molecule has 14 heavy (non-hydrogen) atoms. The molecule has 1 aliphatic rings. The first-order valence-electron chi connectivity index (χ1n) is 4.72. The Kier molecular flexibility index (Phi) is 2.25. The molecule has 0 radical (unpaired) electrons. The van der Waals surface area contributed by atoms with Crippen molar-refractivity contribution in [3.63, 3.8) is 0 Å². The number of benzene rings is 1. The van der Waals surface area contributed by atoms with E-state index in [0.29, 0.717) is 6.54 Å². The number of carbonyl (C=O) groups is 1. The van der Waals surface area contributed by atoms with Gasteiger partial charge in [0.2, 0.25) is 5.91 Å². The number of rotatable bonds is 1. The zero-order valence-corrected chi connectivity index (χ0v) is 8.10. The smallest absolute Gasteiger partial charge is 0.229 e. The number of aliphatic hydroxyl groups excluding tert-OH is 1. The summed E-state index contributed by atoms with van der Waals surface area (Å²) in [5.41, 5.74) is 1.98. The van der Waals surface area contributed by atoms with Crippen LogP contribution >= 0.6 is 0 Å². The molecule has 1 unspecified atom stereocenters. The molecular weight excluding hydrogens is 178 g/mol. The zero-order chi connectivity index (χ0) is 10.1. The molecule has 0 bridgehead atoms. The minimum Gasteiger partial charge on any atom is -0.391 e. The summed E-state index contributed by atoms with van der Waals surface area (Å²) < 4.78 is 0. The summed E-state index contributed by atoms with van der Waals surface area (Å²) in [6, 6.07) is 7.72. The Balaban J connectivity index is 2.32. The standard InChI is InChI=1S/C11H13NO2/c1-8-4-2-3-5-10(8)12-7-9(13)6-11(12)14/h2-5,9,13H,6-7H2,1H3. The van der Waals surface area contributed by atoms with Crippen LogP contribution in [0.2, 0.25) is 0 Å². The minimum absolute atomic E-state index is 0.00630. The van der Waals surface area contributed by atoms with Crippen molar-refractivity contribution in [2.45, 2.75) is 19.4 Å². The van der Waals surface area contributed by atoms with Gasteiger partial charge in [0.25, 0.3) is 0 Å². The van der Waals surface area contributed by atoms with E-state index in [-0.39, 0.29) is 12.3 Å². The highest BCUT2D eigenvalue weighted by atomic mass is 16.3. The van der Waals surface area contributed by atoms with Crippen LogP contribution in [-0.2, 0) is 4.79 Å². The van der Waals surface area contributed by atoms with Crippen LogP contribution in [-0.4, -0.2) is 23.7 Å². The first kappa shape index (κ1) is 9.21. The second-order valence-electron chi connectivity index (χ2n) is 3.65. The van der Waals surface area contributed by atoms with Gasteiger partial charge in [0.1, 0.15) is 0 Å². The van der Waals surface area contributed by atoms with Gasteiger partial charge in [0, 0.05) is 5.69 Å². The maximum absolute atomic E-state index is 11.5. The van der Waals surface area contributed by atoms with Gasteiger partial charge in [0.05, 0.1) is 19.1 Å². The summed E-state index contributed by atoms with van der Waals surface area (Å²) in [4.78, 5) is 13.2. The van der Waals surface area contributed by atoms with Crippen LogP contribution in [0.25, 0.3) is 0 Å². The van der Waals surface area contributed by atoms with Gasteiger partial charge in [0.15, 0.2) is 0 Å². The number of aryl methyl sites for hydroxylation is 1. The van der Waals surface area contributed by atoms with Crippen LogP contribution in [0.1, 0.15) is 12.0 Å². The normalized spacial score (nSPS) is 21.7. The molecule has 1 heterocycles. The second-order valence-corrected chi connectivity index (χ2v) is 3.65. The lowest BCUT2D eigenvalue weighted by Crippen LogP contribution is -2.25. The van der Waals surface area contributed by atoms with Gasteiger partial charge in [-0.2, -0.15) is 0 Å². The number of carbonyl (C=O) groups excluding carboxylic acids is 1. The quantitative estimate of drug-likeness (QED) is 0.722. The van der Waals surface area contributed by atoms with Gasteiger partial charge in [-0.1, -0.05) is 18.2 Å². The van der Waals surface area contributed by atoms with Crippen LogP contribution in [0.4, 0.5) is 5.69 Å². The fourth-order valence-electron chi connectivity index (χ4n) is 1.79. The molecule has 0 aliphatic carbocycles. The third-order valence-electron chi connectivity index (χ3n) is 2.51. The van der Waals surface area contributed by atoms with Crippen molar-refractivity contribution in [1.82, 2.24) is 0 Å². The summed E-state index contributed by atoms with van der Waals surface area (Å²) in [7, 11) is 0. The summed E-state index contributed by atoms with van der Waals surface area (Å²) in [5, 5.41) is 9.36. The molecule has 1 aromatic carbocycles. The Labute approximate surface area is 83.0 Å². The summed E-state index contributed by atoms with van der Waals surface area (Å²) in [5.74, 6) is 0.00630. The topological polar surface area (TPSA) is 40.5 Å². The number of hydrogen-bond acceptors (Lipinski definition) is 2. The zero-order valence-electron chi connectivity index (χ0n) is 8.10. The molecule has 0 saturated carbocycles. The van der Waals surface area contributed by atoms with Gasteiger partial charge in [-0.25, -0.2) is 0 Å². The monoisotopic (exact) mass is 191 g/mol. The van der Waals surface area contributed by atoms with Crippen LogP contribution < -0.4 is 4.90 Å². The lowest BCUT2D eigenvalue weighted by Gasteiger charge is -2.17. The largest absolute Gasteiger partial charge is 0.391 e. The molecule has 1 aliphatic heterocycles. The highest BCUT2D eigenvalue weighted by Gasteiger charge is 2.29. The van der Waals surface area contributed by atoms with E-state index in [9.17, 15) is 9.90 Å². The Morgan fingerprint density at radius 3 is 2.71 bits per heavy atom. The number of β-amino-alcohol motifs (C(OH)–C–C–N with tert-alkyl or cyclic N) is 1. The Bertz CT molecular complexity index is 362. The van der Waals surface area contributed by atoms with E-state index in [0.717, 1.165) is 11.3 Å². The molecule has 0 aromatic heterocycles. The van der Waals surface area contributed by atoms with Crippen LogP contribution in [0, 0.1) is 6.92 Å². The summed E-state index contributed by atoms with van der Waals surface area (Å²) in [6.07, 6.45) is -0.268. The Morgan fingerprint density at radius 1 is 1.43 bits per heavy atom. The summed E-state index contributed by atoms with van der Waals surface area (Å²) in [6.45, 7) is 2.39. The van der Waals surface area contributed by atoms with Crippen molar-refractivity contribution < 1.29 is 9.90 Å². The minimum atomic E-state index is -0.512. The molecular formula is C11H13NO2. The average molecular weight is 191 g/mol. The number of para-hydroxylation sites is 1. The number of amides is 1. The van der Waals surface area contributed by atoms with Gasteiger partial charge >= 0.3 is 0 Å². The lowest BCUT2D eigenvalue weighted by molar-refractivity contribution is -0.117. The maximum Gasteiger partial charge on any atom is 0.229 e. The SMILES string of the molecule is Cc1ccccc1N1CC(O)CC1=O. The van der Waals surface area contributed by atoms with E-state index in [1.807, 2.05) is 31.2 Å². The van der Waals surface area contributed by atoms with E-state index in [4.69, 9.17) is 0 Å². The van der Waals surface area contributed by atoms with E-state index < -0.39 is 6.10 Å². The lowest BCUT2D eigenvalue weighted by atomic mass is 10.2. The van der Waals surface area contributed by atoms with E-state index in [1.54, 1.807) is 4.90 Å². The molecule has 1 aromatic rings. The molecule has 3 heteroatoms. The van der Waals surface area contributed by atoms with Gasteiger partial charge in [-0.15, -0.1) is 0 Å². The van der Waals surface area contributed by atoms with Crippen molar-refractivity contribution >= 4 is 11.6 Å².